The minimum atomic E-state index is -4.46. The Bertz CT molecular complexity index is 1170. The van der Waals surface area contributed by atoms with Crippen LogP contribution in [0.4, 0.5) is 13.2 Å². The number of aryl methyl sites for hydroxylation is 1. The highest BCUT2D eigenvalue weighted by Gasteiger charge is 2.31. The maximum Gasteiger partial charge on any atom is 0.416 e. The zero-order valence-electron chi connectivity index (χ0n) is 19.9. The predicted molar refractivity (Wildman–Crippen MR) is 128 cm³/mol. The number of ketones is 1. The average molecular weight is 473 g/mol. The fourth-order valence-electron chi connectivity index (χ4n) is 4.09. The fraction of sp³-hybridized carbons (Fsp3) is 0.407. The highest BCUT2D eigenvalue weighted by Crippen LogP contribution is 2.35. The standard InChI is InChI=1S/C27H31F3N2O2/c1-5-26(34,6-2)17-22(33)8-7-9-23-25(20-12-10-19(11-13-20)18(3)4)24-16-21(27(28,29)30)14-15-32(24)31-23/h10-16,34H,3,5-9,17H2,1-2,4H3. The van der Waals surface area contributed by atoms with E-state index in [1.54, 1.807) is 0 Å². The van der Waals surface area contributed by atoms with Crippen LogP contribution < -0.4 is 0 Å². The van der Waals surface area contributed by atoms with Crippen molar-refractivity contribution in [1.82, 2.24) is 9.61 Å². The van der Waals surface area contributed by atoms with Gasteiger partial charge in [0.1, 0.15) is 5.78 Å². The second kappa shape index (κ2) is 10.1. The van der Waals surface area contributed by atoms with Gasteiger partial charge in [0.05, 0.1) is 22.4 Å². The van der Waals surface area contributed by atoms with Gasteiger partial charge in [-0.15, -0.1) is 0 Å². The van der Waals surface area contributed by atoms with Gasteiger partial charge >= 0.3 is 6.18 Å². The Morgan fingerprint density at radius 1 is 1.12 bits per heavy atom. The number of allylic oxidation sites excluding steroid dienone is 1. The summed E-state index contributed by atoms with van der Waals surface area (Å²) in [4.78, 5) is 12.4. The second-order valence-corrected chi connectivity index (χ2v) is 8.92. The number of fused-ring (bicyclic) bond motifs is 1. The molecule has 0 amide bonds. The Morgan fingerprint density at radius 3 is 2.32 bits per heavy atom. The molecule has 0 unspecified atom stereocenters. The van der Waals surface area contributed by atoms with Gasteiger partial charge in [-0.2, -0.15) is 18.3 Å². The number of nitrogens with zero attached hydrogens (tertiary/aromatic N) is 2. The lowest BCUT2D eigenvalue weighted by Gasteiger charge is -2.24. The fourth-order valence-corrected chi connectivity index (χ4v) is 4.09. The Balaban J connectivity index is 1.93. The SMILES string of the molecule is C=C(C)c1ccc(-c2c(CCCC(=O)CC(O)(CC)CC)nn3ccc(C(F)(F)F)cc23)cc1. The number of hydrogen-bond acceptors (Lipinski definition) is 3. The van der Waals surface area contributed by atoms with Gasteiger partial charge in [0.15, 0.2) is 0 Å². The number of Topliss-reactive ketones (excluding diaryl/α,β-unsaturated/α-hetero) is 1. The molecule has 7 heteroatoms. The summed E-state index contributed by atoms with van der Waals surface area (Å²) in [5, 5.41) is 15.0. The summed E-state index contributed by atoms with van der Waals surface area (Å²) >= 11 is 0. The number of hydrogen-bond donors (Lipinski definition) is 1. The van der Waals surface area contributed by atoms with Gasteiger partial charge in [0.25, 0.3) is 0 Å². The van der Waals surface area contributed by atoms with Crippen molar-refractivity contribution in [2.24, 2.45) is 0 Å². The van der Waals surface area contributed by atoms with Crippen LogP contribution >= 0.6 is 0 Å². The van der Waals surface area contributed by atoms with Crippen LogP contribution in [0.2, 0.25) is 0 Å². The molecule has 1 N–H and O–H groups in total. The molecule has 34 heavy (non-hydrogen) atoms. The van der Waals surface area contributed by atoms with Gasteiger partial charge in [-0.25, -0.2) is 4.52 Å². The average Bonchev–Trinajstić information content (AvgIpc) is 3.15. The van der Waals surface area contributed by atoms with Crippen LogP contribution in [-0.4, -0.2) is 26.1 Å². The van der Waals surface area contributed by atoms with Crippen molar-refractivity contribution in [3.8, 4) is 11.1 Å². The molecule has 3 aromatic rings. The number of carbonyl (C=O) groups is 1. The monoisotopic (exact) mass is 472 g/mol. The van der Waals surface area contributed by atoms with Crippen molar-refractivity contribution < 1.29 is 23.1 Å². The first-order valence-electron chi connectivity index (χ1n) is 11.6. The summed E-state index contributed by atoms with van der Waals surface area (Å²) in [5.41, 5.74) is 2.51. The van der Waals surface area contributed by atoms with Gasteiger partial charge in [-0.05, 0) is 55.9 Å². The Hall–Kier alpha value is -2.93. The maximum atomic E-state index is 13.4. The van der Waals surface area contributed by atoms with E-state index in [2.05, 4.69) is 11.7 Å². The van der Waals surface area contributed by atoms with E-state index in [1.165, 1.54) is 10.7 Å². The highest BCUT2D eigenvalue weighted by molar-refractivity contribution is 5.84. The number of rotatable bonds is 10. The second-order valence-electron chi connectivity index (χ2n) is 8.92. The van der Waals surface area contributed by atoms with E-state index in [4.69, 9.17) is 0 Å². The third-order valence-electron chi connectivity index (χ3n) is 6.41. The molecule has 182 valence electrons. The van der Waals surface area contributed by atoms with Crippen molar-refractivity contribution in [3.05, 3.63) is 66.0 Å². The minimum Gasteiger partial charge on any atom is -0.389 e. The van der Waals surface area contributed by atoms with Crippen molar-refractivity contribution in [3.63, 3.8) is 0 Å². The number of alkyl halides is 3. The summed E-state index contributed by atoms with van der Waals surface area (Å²) in [6, 6.07) is 9.62. The normalized spacial score (nSPS) is 12.3. The first-order chi connectivity index (χ1) is 16.0. The molecule has 3 rings (SSSR count). The molecule has 0 radical (unpaired) electrons. The van der Waals surface area contributed by atoms with Gasteiger partial charge < -0.3 is 5.11 Å². The number of pyridine rings is 1. The topological polar surface area (TPSA) is 54.6 Å². The zero-order chi connectivity index (χ0) is 25.1. The van der Waals surface area contributed by atoms with E-state index < -0.39 is 17.3 Å². The van der Waals surface area contributed by atoms with E-state index in [9.17, 15) is 23.1 Å². The summed E-state index contributed by atoms with van der Waals surface area (Å²) in [5.74, 6) is -0.0262. The van der Waals surface area contributed by atoms with E-state index in [0.717, 1.165) is 28.8 Å². The van der Waals surface area contributed by atoms with Crippen molar-refractivity contribution in [1.29, 1.82) is 0 Å². The number of aromatic nitrogens is 2. The molecule has 0 aliphatic rings. The van der Waals surface area contributed by atoms with E-state index in [1.807, 2.05) is 45.0 Å². The summed E-state index contributed by atoms with van der Waals surface area (Å²) in [6.07, 6.45) is -0.817. The van der Waals surface area contributed by atoms with Gasteiger partial charge in [-0.3, -0.25) is 4.79 Å². The highest BCUT2D eigenvalue weighted by atomic mass is 19.4. The van der Waals surface area contributed by atoms with Crippen LogP contribution in [0.1, 0.15) is 69.7 Å². The Morgan fingerprint density at radius 2 is 1.76 bits per heavy atom. The van der Waals surface area contributed by atoms with Crippen molar-refractivity contribution >= 4 is 16.9 Å². The molecule has 0 aliphatic carbocycles. The molecule has 0 aliphatic heterocycles. The van der Waals surface area contributed by atoms with Crippen LogP contribution in [0.25, 0.3) is 22.2 Å². The third-order valence-corrected chi connectivity index (χ3v) is 6.41. The van der Waals surface area contributed by atoms with Gasteiger partial charge in [-0.1, -0.05) is 50.3 Å². The molecule has 0 spiro atoms. The lowest BCUT2D eigenvalue weighted by atomic mass is 9.89. The molecule has 0 saturated carbocycles. The van der Waals surface area contributed by atoms with E-state index in [0.29, 0.717) is 42.5 Å². The third kappa shape index (κ3) is 5.76. The van der Waals surface area contributed by atoms with Crippen LogP contribution in [-0.2, 0) is 17.4 Å². The lowest BCUT2D eigenvalue weighted by Crippen LogP contribution is -2.29. The van der Waals surface area contributed by atoms with Crippen LogP contribution in [0.5, 0.6) is 0 Å². The molecule has 0 atom stereocenters. The number of carbonyl (C=O) groups excluding carboxylic acids is 1. The van der Waals surface area contributed by atoms with E-state index >= 15 is 0 Å². The number of halogens is 3. The first-order valence-corrected chi connectivity index (χ1v) is 11.6. The molecule has 4 nitrogen and oxygen atoms in total. The summed E-state index contributed by atoms with van der Waals surface area (Å²) in [7, 11) is 0. The predicted octanol–water partition coefficient (Wildman–Crippen LogP) is 6.89. The molecular weight excluding hydrogens is 441 g/mol. The number of aliphatic hydroxyl groups is 1. The summed E-state index contributed by atoms with van der Waals surface area (Å²) in [6.45, 7) is 9.53. The minimum absolute atomic E-state index is 0.0262. The van der Waals surface area contributed by atoms with E-state index in [-0.39, 0.29) is 18.6 Å². The smallest absolute Gasteiger partial charge is 0.389 e. The molecule has 0 fully saturated rings. The summed E-state index contributed by atoms with van der Waals surface area (Å²) < 4.78 is 41.6. The largest absolute Gasteiger partial charge is 0.416 e. The Labute approximate surface area is 198 Å². The van der Waals surface area contributed by atoms with Crippen LogP contribution in [0.3, 0.4) is 0 Å². The van der Waals surface area contributed by atoms with Gasteiger partial charge in [0.2, 0.25) is 0 Å². The van der Waals surface area contributed by atoms with Crippen molar-refractivity contribution in [2.45, 2.75) is 71.1 Å². The molecule has 2 heterocycles. The zero-order valence-corrected chi connectivity index (χ0v) is 19.9. The quantitative estimate of drug-likeness (QED) is 0.350. The number of benzene rings is 1. The lowest BCUT2D eigenvalue weighted by molar-refractivity contribution is -0.137. The molecule has 1 aromatic carbocycles. The molecule has 0 bridgehead atoms. The molecule has 2 aromatic heterocycles. The van der Waals surface area contributed by atoms with Gasteiger partial charge in [0, 0.05) is 24.6 Å². The maximum absolute atomic E-state index is 13.4. The van der Waals surface area contributed by atoms with Crippen molar-refractivity contribution in [2.75, 3.05) is 0 Å². The molecular formula is C27H31F3N2O2. The molecule has 0 saturated heterocycles. The first kappa shape index (κ1) is 25.7. The van der Waals surface area contributed by atoms with Crippen LogP contribution in [0.15, 0.2) is 49.2 Å². The Kier molecular flexibility index (Phi) is 7.66. The van der Waals surface area contributed by atoms with Crippen LogP contribution in [0, 0.1) is 0 Å².